The molecule has 1 amide bonds. The first-order chi connectivity index (χ1) is 17.4. The van der Waals surface area contributed by atoms with Crippen molar-refractivity contribution >= 4 is 33.5 Å². The van der Waals surface area contributed by atoms with E-state index in [1.54, 1.807) is 13.3 Å². The fourth-order valence-electron chi connectivity index (χ4n) is 4.13. The van der Waals surface area contributed by atoms with Gasteiger partial charge in [-0.05, 0) is 68.0 Å². The van der Waals surface area contributed by atoms with Gasteiger partial charge in [0, 0.05) is 47.1 Å². The minimum Gasteiger partial charge on any atom is -0.496 e. The monoisotopic (exact) mass is 554 g/mol. The van der Waals surface area contributed by atoms with Gasteiger partial charge in [0.1, 0.15) is 11.8 Å². The summed E-state index contributed by atoms with van der Waals surface area (Å²) < 4.78 is 6.47. The second-order valence-electron chi connectivity index (χ2n) is 8.76. The van der Waals surface area contributed by atoms with Crippen molar-refractivity contribution in [1.82, 2.24) is 25.5 Å². The minimum atomic E-state index is -0.698. The van der Waals surface area contributed by atoms with Crippen molar-refractivity contribution in [2.45, 2.75) is 25.6 Å². The molecule has 2 heterocycles. The number of nitrogens with one attached hydrogen (secondary N) is 3. The highest BCUT2D eigenvalue weighted by molar-refractivity contribution is 9.10. The highest BCUT2D eigenvalue weighted by Crippen LogP contribution is 2.28. The number of hydrogen-bond donors (Lipinski definition) is 4. The van der Waals surface area contributed by atoms with Gasteiger partial charge in [0.15, 0.2) is 0 Å². The molecule has 1 atom stereocenters. The lowest BCUT2D eigenvalue weighted by atomic mass is 10.1. The van der Waals surface area contributed by atoms with Crippen LogP contribution in [0.5, 0.6) is 5.75 Å². The van der Waals surface area contributed by atoms with Crippen molar-refractivity contribution in [2.75, 3.05) is 39.2 Å². The van der Waals surface area contributed by atoms with E-state index in [2.05, 4.69) is 47.8 Å². The molecule has 190 valence electrons. The first kappa shape index (κ1) is 26.0. The zero-order valence-electron chi connectivity index (χ0n) is 20.4. The fraction of sp³-hybridized carbons (Fsp3) is 0.346. The lowest BCUT2D eigenvalue weighted by molar-refractivity contribution is -0.124. The highest BCUT2D eigenvalue weighted by Gasteiger charge is 2.17. The third-order valence-corrected chi connectivity index (χ3v) is 6.41. The number of methoxy groups -OCH3 is 1. The van der Waals surface area contributed by atoms with E-state index in [0.717, 1.165) is 51.3 Å². The quantitative estimate of drug-likeness (QED) is 0.382. The standard InChI is InChI=1S/C26H31BrN6O3/c1-33-9-3-7-28-25(35)23(16-34)30-14-17-10-20(27)13-21(11-17)31-26-29-8-6-22(32-26)18-4-5-24(36-2)19(12-18)15-33/h4-6,8,10-13,23,30,34H,3,7,9,14-16H2,1-2H3,(H,28,35)(H,29,31,32)/t23-/m1/s1. The number of carbonyl (C=O) groups excluding carboxylic acids is 1. The van der Waals surface area contributed by atoms with Crippen molar-refractivity contribution < 1.29 is 14.6 Å². The van der Waals surface area contributed by atoms with Crippen LogP contribution in [0.25, 0.3) is 11.3 Å². The summed E-state index contributed by atoms with van der Waals surface area (Å²) in [6.45, 7) is 2.11. The van der Waals surface area contributed by atoms with Gasteiger partial charge >= 0.3 is 0 Å². The number of carbonyl (C=O) groups is 1. The number of aromatic nitrogens is 2. The Bertz CT molecular complexity index is 1210. The summed E-state index contributed by atoms with van der Waals surface area (Å²) >= 11 is 3.55. The van der Waals surface area contributed by atoms with Gasteiger partial charge in [-0.2, -0.15) is 0 Å². The van der Waals surface area contributed by atoms with Gasteiger partial charge in [-0.25, -0.2) is 9.97 Å². The normalized spacial score (nSPS) is 17.6. The minimum absolute atomic E-state index is 0.220. The van der Waals surface area contributed by atoms with Crippen LogP contribution >= 0.6 is 15.9 Å². The number of halogens is 1. The number of rotatable bonds is 2. The van der Waals surface area contributed by atoms with Crippen LogP contribution in [0.15, 0.2) is 53.1 Å². The Labute approximate surface area is 219 Å². The Morgan fingerprint density at radius 1 is 1.22 bits per heavy atom. The molecule has 4 N–H and O–H groups in total. The van der Waals surface area contributed by atoms with E-state index in [9.17, 15) is 9.90 Å². The van der Waals surface area contributed by atoms with Crippen molar-refractivity contribution in [2.24, 2.45) is 0 Å². The molecule has 10 heteroatoms. The van der Waals surface area contributed by atoms with Crippen LogP contribution in [0.2, 0.25) is 0 Å². The number of anilines is 2. The molecular formula is C26H31BrN6O3. The largest absolute Gasteiger partial charge is 0.496 e. The number of nitrogens with zero attached hydrogens (tertiary/aromatic N) is 3. The summed E-state index contributed by atoms with van der Waals surface area (Å²) in [6, 6.07) is 13.1. The Balaban J connectivity index is 1.68. The van der Waals surface area contributed by atoms with Crippen LogP contribution in [0.1, 0.15) is 17.5 Å². The molecule has 2 aromatic carbocycles. The molecule has 0 saturated carbocycles. The van der Waals surface area contributed by atoms with Gasteiger partial charge < -0.3 is 25.4 Å². The maximum atomic E-state index is 12.6. The molecule has 36 heavy (non-hydrogen) atoms. The summed E-state index contributed by atoms with van der Waals surface area (Å²) in [7, 11) is 3.71. The molecule has 1 aliphatic rings. The van der Waals surface area contributed by atoms with E-state index in [4.69, 9.17) is 9.72 Å². The molecule has 0 radical (unpaired) electrons. The van der Waals surface area contributed by atoms with E-state index in [-0.39, 0.29) is 12.5 Å². The average Bonchev–Trinajstić information content (AvgIpc) is 2.86. The molecule has 0 fully saturated rings. The van der Waals surface area contributed by atoms with Gasteiger partial charge in [0.25, 0.3) is 0 Å². The third kappa shape index (κ3) is 6.79. The summed E-state index contributed by atoms with van der Waals surface area (Å²) in [5.74, 6) is 1.07. The number of amides is 1. The van der Waals surface area contributed by atoms with E-state index in [1.165, 1.54) is 0 Å². The Kier molecular flexibility index (Phi) is 8.87. The van der Waals surface area contributed by atoms with Crippen LogP contribution in [0.4, 0.5) is 11.6 Å². The van der Waals surface area contributed by atoms with Crippen molar-refractivity contribution in [3.05, 3.63) is 64.3 Å². The van der Waals surface area contributed by atoms with Gasteiger partial charge in [0.05, 0.1) is 19.4 Å². The van der Waals surface area contributed by atoms with Crippen LogP contribution < -0.4 is 20.7 Å². The van der Waals surface area contributed by atoms with Crippen molar-refractivity contribution in [3.8, 4) is 17.0 Å². The second-order valence-corrected chi connectivity index (χ2v) is 9.68. The molecule has 3 aromatic rings. The third-order valence-electron chi connectivity index (χ3n) is 5.95. The van der Waals surface area contributed by atoms with Crippen molar-refractivity contribution in [3.63, 3.8) is 0 Å². The highest BCUT2D eigenvalue weighted by atomic mass is 79.9. The second kappa shape index (κ2) is 12.3. The molecule has 4 rings (SSSR count). The first-order valence-electron chi connectivity index (χ1n) is 11.8. The van der Waals surface area contributed by atoms with E-state index >= 15 is 0 Å². The SMILES string of the molecule is COc1ccc2cc1CN(C)CCCNC(=O)[C@@H](CO)NCc1cc(Br)cc(c1)Nc1nccc-2n1. The summed E-state index contributed by atoms with van der Waals surface area (Å²) in [5, 5.41) is 19.1. The number of hydrogen-bond acceptors (Lipinski definition) is 8. The molecule has 9 nitrogen and oxygen atoms in total. The lowest BCUT2D eigenvalue weighted by Gasteiger charge is -2.20. The van der Waals surface area contributed by atoms with E-state index in [0.29, 0.717) is 25.6 Å². The molecule has 0 saturated heterocycles. The number of aliphatic hydroxyl groups is 1. The van der Waals surface area contributed by atoms with Gasteiger partial charge in [-0.1, -0.05) is 15.9 Å². The Hall–Kier alpha value is -3.05. The molecule has 0 unspecified atom stereocenters. The van der Waals surface area contributed by atoms with Gasteiger partial charge in [0.2, 0.25) is 11.9 Å². The summed E-state index contributed by atoms with van der Waals surface area (Å²) in [5.41, 5.74) is 4.56. The van der Waals surface area contributed by atoms with Crippen LogP contribution in [-0.4, -0.2) is 65.8 Å². The maximum Gasteiger partial charge on any atom is 0.239 e. The average molecular weight is 555 g/mol. The molecule has 0 spiro atoms. The Morgan fingerprint density at radius 2 is 2.08 bits per heavy atom. The summed E-state index contributed by atoms with van der Waals surface area (Å²) in [4.78, 5) is 23.9. The van der Waals surface area contributed by atoms with E-state index in [1.807, 2.05) is 43.4 Å². The molecular weight excluding hydrogens is 524 g/mol. The fourth-order valence-corrected chi connectivity index (χ4v) is 4.67. The van der Waals surface area contributed by atoms with Crippen molar-refractivity contribution in [1.29, 1.82) is 0 Å². The van der Waals surface area contributed by atoms with Crippen LogP contribution in [-0.2, 0) is 17.9 Å². The molecule has 6 bridgehead atoms. The van der Waals surface area contributed by atoms with Gasteiger partial charge in [-0.15, -0.1) is 0 Å². The lowest BCUT2D eigenvalue weighted by Crippen LogP contribution is -2.46. The number of benzene rings is 2. The topological polar surface area (TPSA) is 112 Å². The van der Waals surface area contributed by atoms with Gasteiger partial charge in [-0.3, -0.25) is 10.1 Å². The molecule has 1 aliphatic heterocycles. The Morgan fingerprint density at radius 3 is 2.89 bits per heavy atom. The molecule has 0 aliphatic carbocycles. The summed E-state index contributed by atoms with van der Waals surface area (Å²) in [6.07, 6.45) is 2.51. The number of aliphatic hydroxyl groups excluding tert-OH is 1. The number of fused-ring (bicyclic) bond motifs is 7. The zero-order valence-corrected chi connectivity index (χ0v) is 22.0. The van der Waals surface area contributed by atoms with Crippen LogP contribution in [0.3, 0.4) is 0 Å². The molecule has 1 aromatic heterocycles. The smallest absolute Gasteiger partial charge is 0.239 e. The zero-order chi connectivity index (χ0) is 25.5. The maximum absolute atomic E-state index is 12.6. The predicted molar refractivity (Wildman–Crippen MR) is 143 cm³/mol. The predicted octanol–water partition coefficient (Wildman–Crippen LogP) is 3.06. The van der Waals surface area contributed by atoms with E-state index < -0.39 is 6.04 Å². The van der Waals surface area contributed by atoms with Crippen LogP contribution in [0, 0.1) is 0 Å². The first-order valence-corrected chi connectivity index (χ1v) is 12.6. The number of ether oxygens (including phenoxy) is 1.